The second-order valence-electron chi connectivity index (χ2n) is 5.94. The van der Waals surface area contributed by atoms with Crippen molar-refractivity contribution in [2.24, 2.45) is 0 Å². The van der Waals surface area contributed by atoms with Gasteiger partial charge in [-0.15, -0.1) is 11.3 Å². The Labute approximate surface area is 155 Å². The van der Waals surface area contributed by atoms with Crippen molar-refractivity contribution in [2.45, 2.75) is 19.9 Å². The van der Waals surface area contributed by atoms with Crippen LogP contribution in [0.4, 0.5) is 5.00 Å². The fraction of sp³-hybridized carbons (Fsp3) is 0.333. The number of hydrogen-bond donors (Lipinski definition) is 2. The van der Waals surface area contributed by atoms with Crippen molar-refractivity contribution < 1.29 is 19.2 Å². The Hall–Kier alpha value is -1.89. The summed E-state index contributed by atoms with van der Waals surface area (Å²) in [5.41, 5.74) is 2.01. The number of amides is 1. The number of benzene rings is 1. The first-order chi connectivity index (χ1) is 12.0. The maximum atomic E-state index is 12.5. The summed E-state index contributed by atoms with van der Waals surface area (Å²) in [7, 11) is 1.36. The molecule has 1 amide bonds. The van der Waals surface area contributed by atoms with Crippen LogP contribution in [0.25, 0.3) is 0 Å². The van der Waals surface area contributed by atoms with Gasteiger partial charge < -0.3 is 15.0 Å². The molecule has 0 bridgehead atoms. The van der Waals surface area contributed by atoms with Gasteiger partial charge in [0.2, 0.25) is 0 Å². The average molecular weight is 380 g/mol. The number of ether oxygens (including phenoxy) is 1. The maximum absolute atomic E-state index is 12.5. The van der Waals surface area contributed by atoms with Gasteiger partial charge in [0, 0.05) is 17.0 Å². The Kier molecular flexibility index (Phi) is 5.42. The summed E-state index contributed by atoms with van der Waals surface area (Å²) in [5.74, 6) is -0.663. The molecule has 1 aliphatic heterocycles. The molecule has 2 heterocycles. The lowest BCUT2D eigenvalue weighted by Crippen LogP contribution is -3.11. The highest BCUT2D eigenvalue weighted by atomic mass is 35.5. The molecular formula is C18H20ClN2O3S+. The van der Waals surface area contributed by atoms with E-state index in [0.717, 1.165) is 36.5 Å². The molecule has 3 rings (SSSR count). The van der Waals surface area contributed by atoms with Gasteiger partial charge in [0.25, 0.3) is 5.91 Å². The average Bonchev–Trinajstić information content (AvgIpc) is 2.98. The summed E-state index contributed by atoms with van der Waals surface area (Å²) in [6.45, 7) is 5.04. The zero-order chi connectivity index (χ0) is 18.0. The molecular weight excluding hydrogens is 360 g/mol. The van der Waals surface area contributed by atoms with Gasteiger partial charge in [-0.1, -0.05) is 11.6 Å². The van der Waals surface area contributed by atoms with Crippen LogP contribution in [0.15, 0.2) is 24.3 Å². The van der Waals surface area contributed by atoms with E-state index in [1.165, 1.54) is 23.3 Å². The van der Waals surface area contributed by atoms with Crippen molar-refractivity contribution in [2.75, 3.05) is 25.5 Å². The van der Waals surface area contributed by atoms with Crippen molar-refractivity contribution in [3.8, 4) is 0 Å². The van der Waals surface area contributed by atoms with Gasteiger partial charge in [0.15, 0.2) is 0 Å². The predicted octanol–water partition coefficient (Wildman–Crippen LogP) is 2.40. The molecule has 0 radical (unpaired) electrons. The lowest BCUT2D eigenvalue weighted by atomic mass is 10.0. The number of methoxy groups -OCH3 is 1. The number of esters is 1. The summed E-state index contributed by atoms with van der Waals surface area (Å²) < 4.78 is 4.95. The number of likely N-dealkylation sites (N-methyl/N-ethyl adjacent to an activating group) is 1. The molecule has 1 unspecified atom stereocenters. The van der Waals surface area contributed by atoms with Crippen LogP contribution in [0.3, 0.4) is 0 Å². The zero-order valence-electron chi connectivity index (χ0n) is 14.1. The number of thiophene rings is 1. The van der Waals surface area contributed by atoms with Gasteiger partial charge in [0.1, 0.15) is 11.5 Å². The number of halogens is 1. The summed E-state index contributed by atoms with van der Waals surface area (Å²) in [5, 5.41) is 4.01. The number of carbonyl (C=O) groups is 2. The number of hydrogen-bond acceptors (Lipinski definition) is 4. The lowest BCUT2D eigenvalue weighted by Gasteiger charge is -2.22. The molecule has 0 fully saturated rings. The van der Waals surface area contributed by atoms with Crippen LogP contribution in [0.1, 0.15) is 38.1 Å². The van der Waals surface area contributed by atoms with E-state index < -0.39 is 5.97 Å². The first-order valence-electron chi connectivity index (χ1n) is 8.16. The van der Waals surface area contributed by atoms with E-state index in [-0.39, 0.29) is 5.91 Å². The molecule has 0 spiro atoms. The third-order valence-electron chi connectivity index (χ3n) is 4.45. The highest BCUT2D eigenvalue weighted by Crippen LogP contribution is 2.35. The molecule has 132 valence electrons. The number of rotatable bonds is 4. The standard InChI is InChI=1S/C18H19ClN2O3S/c1-3-21-9-8-13-14(10-21)25-17(15(13)18(23)24-2)20-16(22)11-4-6-12(19)7-5-11/h4-7H,3,8-10H2,1-2H3,(H,20,22)/p+1. The number of fused-ring (bicyclic) bond motifs is 1. The third kappa shape index (κ3) is 3.71. The molecule has 2 aromatic rings. The van der Waals surface area contributed by atoms with E-state index in [2.05, 4.69) is 12.2 Å². The predicted molar refractivity (Wildman–Crippen MR) is 98.8 cm³/mol. The van der Waals surface area contributed by atoms with Crippen LogP contribution in [0, 0.1) is 0 Å². The van der Waals surface area contributed by atoms with Crippen molar-refractivity contribution in [1.82, 2.24) is 0 Å². The highest BCUT2D eigenvalue weighted by Gasteiger charge is 2.30. The number of carbonyl (C=O) groups excluding carboxylic acids is 2. The fourth-order valence-corrected chi connectivity index (χ4v) is 4.45. The van der Waals surface area contributed by atoms with E-state index in [1.807, 2.05) is 0 Å². The largest absolute Gasteiger partial charge is 0.465 e. The Morgan fingerprint density at radius 3 is 2.68 bits per heavy atom. The highest BCUT2D eigenvalue weighted by molar-refractivity contribution is 7.17. The summed E-state index contributed by atoms with van der Waals surface area (Å²) in [4.78, 5) is 27.4. The van der Waals surface area contributed by atoms with Gasteiger partial charge in [0.05, 0.1) is 30.6 Å². The normalized spacial score (nSPS) is 16.2. The zero-order valence-corrected chi connectivity index (χ0v) is 15.7. The second kappa shape index (κ2) is 7.56. The number of quaternary nitrogens is 1. The Balaban J connectivity index is 1.92. The first kappa shape index (κ1) is 17.9. The van der Waals surface area contributed by atoms with Crippen LogP contribution in [0.2, 0.25) is 5.02 Å². The van der Waals surface area contributed by atoms with E-state index in [0.29, 0.717) is 21.2 Å². The minimum Gasteiger partial charge on any atom is -0.465 e. The molecule has 1 aliphatic rings. The van der Waals surface area contributed by atoms with Crippen molar-refractivity contribution in [3.63, 3.8) is 0 Å². The number of anilines is 1. The van der Waals surface area contributed by atoms with Crippen LogP contribution in [-0.2, 0) is 17.7 Å². The van der Waals surface area contributed by atoms with Crippen LogP contribution in [0.5, 0.6) is 0 Å². The molecule has 2 N–H and O–H groups in total. The van der Waals surface area contributed by atoms with Gasteiger partial charge in [-0.3, -0.25) is 4.79 Å². The van der Waals surface area contributed by atoms with Gasteiger partial charge in [-0.05, 0) is 36.8 Å². The monoisotopic (exact) mass is 379 g/mol. The molecule has 0 saturated carbocycles. The molecule has 5 nitrogen and oxygen atoms in total. The van der Waals surface area contributed by atoms with Crippen LogP contribution in [-0.4, -0.2) is 32.1 Å². The van der Waals surface area contributed by atoms with E-state index in [9.17, 15) is 9.59 Å². The maximum Gasteiger partial charge on any atom is 0.341 e. The van der Waals surface area contributed by atoms with E-state index in [1.54, 1.807) is 24.3 Å². The molecule has 1 aromatic heterocycles. The topological polar surface area (TPSA) is 59.8 Å². The summed E-state index contributed by atoms with van der Waals surface area (Å²) in [6, 6.07) is 6.65. The SMILES string of the molecule is CC[NH+]1CCc2c(sc(NC(=O)c3ccc(Cl)cc3)c2C(=O)OC)C1. The number of nitrogens with one attached hydrogen (secondary N) is 2. The Morgan fingerprint density at radius 1 is 1.32 bits per heavy atom. The molecule has 25 heavy (non-hydrogen) atoms. The lowest BCUT2D eigenvalue weighted by molar-refractivity contribution is -0.913. The molecule has 7 heteroatoms. The van der Waals surface area contributed by atoms with Gasteiger partial charge >= 0.3 is 5.97 Å². The molecule has 0 aliphatic carbocycles. The van der Waals surface area contributed by atoms with E-state index >= 15 is 0 Å². The van der Waals surface area contributed by atoms with Crippen LogP contribution >= 0.6 is 22.9 Å². The molecule has 0 saturated heterocycles. The molecule has 1 atom stereocenters. The fourth-order valence-electron chi connectivity index (χ4n) is 3.02. The van der Waals surface area contributed by atoms with Crippen molar-refractivity contribution >= 4 is 39.8 Å². The van der Waals surface area contributed by atoms with E-state index in [4.69, 9.17) is 16.3 Å². The second-order valence-corrected chi connectivity index (χ2v) is 7.48. The molecule has 1 aromatic carbocycles. The van der Waals surface area contributed by atoms with Gasteiger partial charge in [-0.25, -0.2) is 4.79 Å². The Morgan fingerprint density at radius 2 is 2.04 bits per heavy atom. The smallest absolute Gasteiger partial charge is 0.341 e. The minimum absolute atomic E-state index is 0.264. The minimum atomic E-state index is -0.399. The Bertz CT molecular complexity index is 801. The first-order valence-corrected chi connectivity index (χ1v) is 9.36. The van der Waals surface area contributed by atoms with Crippen LogP contribution < -0.4 is 10.2 Å². The summed E-state index contributed by atoms with van der Waals surface area (Å²) in [6.07, 6.45) is 0.816. The quantitative estimate of drug-likeness (QED) is 0.802. The third-order valence-corrected chi connectivity index (χ3v) is 5.85. The van der Waals surface area contributed by atoms with Crippen molar-refractivity contribution in [1.29, 1.82) is 0 Å². The van der Waals surface area contributed by atoms with Crippen molar-refractivity contribution in [3.05, 3.63) is 50.9 Å². The summed E-state index contributed by atoms with van der Waals surface area (Å²) >= 11 is 7.34. The van der Waals surface area contributed by atoms with Gasteiger partial charge in [-0.2, -0.15) is 0 Å².